The molecule has 0 saturated carbocycles. The van der Waals surface area contributed by atoms with Gasteiger partial charge in [-0.2, -0.15) is 0 Å². The van der Waals surface area contributed by atoms with E-state index >= 15 is 0 Å². The molecule has 0 aliphatic heterocycles. The topological polar surface area (TPSA) is 71.5 Å². The molecule has 6 heteroatoms. The van der Waals surface area contributed by atoms with Crippen LogP contribution in [0.15, 0.2) is 48.5 Å². The van der Waals surface area contributed by atoms with Crippen LogP contribution in [0.3, 0.4) is 0 Å². The zero-order valence-electron chi connectivity index (χ0n) is 12.4. The van der Waals surface area contributed by atoms with Crippen molar-refractivity contribution in [3.05, 3.63) is 65.0 Å². The average molecular weight is 333 g/mol. The molecule has 0 atom stereocenters. The van der Waals surface area contributed by atoms with Crippen LogP contribution in [-0.2, 0) is 11.3 Å². The fourth-order valence-electron chi connectivity index (χ4n) is 1.77. The first kappa shape index (κ1) is 16.8. The van der Waals surface area contributed by atoms with Crippen molar-refractivity contribution in [2.75, 3.05) is 6.54 Å². The second-order valence-corrected chi connectivity index (χ2v) is 5.08. The Morgan fingerprint density at radius 1 is 1.26 bits per heavy atom. The standard InChI is InChI=1S/C17H17ClN2O3/c18-16-15(21)10-9-14(20-16)8-4-5-11-19-17(22)23-12-13-6-2-1-3-7-13/h1-4,6-10,21H,5,11-12H2,(H,19,22). The third-order valence-corrected chi connectivity index (χ3v) is 3.21. The third kappa shape index (κ3) is 6.00. The summed E-state index contributed by atoms with van der Waals surface area (Å²) in [5.74, 6) is -0.0494. The number of amides is 1. The molecular weight excluding hydrogens is 316 g/mol. The number of nitrogens with zero attached hydrogens (tertiary/aromatic N) is 1. The Bertz CT molecular complexity index is 675. The van der Waals surface area contributed by atoms with Crippen molar-refractivity contribution in [2.45, 2.75) is 13.0 Å². The van der Waals surface area contributed by atoms with Gasteiger partial charge in [0.2, 0.25) is 0 Å². The fraction of sp³-hybridized carbons (Fsp3) is 0.176. The Morgan fingerprint density at radius 2 is 2.04 bits per heavy atom. The Kier molecular flexibility index (Phi) is 6.44. The number of halogens is 1. The van der Waals surface area contributed by atoms with Gasteiger partial charge < -0.3 is 15.2 Å². The first-order valence-corrected chi connectivity index (χ1v) is 7.49. The van der Waals surface area contributed by atoms with Crippen molar-refractivity contribution in [1.82, 2.24) is 10.3 Å². The molecule has 2 aromatic rings. The van der Waals surface area contributed by atoms with Crippen LogP contribution in [0.25, 0.3) is 6.08 Å². The highest BCUT2D eigenvalue weighted by molar-refractivity contribution is 6.30. The largest absolute Gasteiger partial charge is 0.505 e. The molecule has 1 heterocycles. The van der Waals surface area contributed by atoms with Gasteiger partial charge in [-0.1, -0.05) is 48.0 Å². The lowest BCUT2D eigenvalue weighted by Crippen LogP contribution is -2.24. The number of aromatic hydroxyl groups is 1. The molecule has 2 N–H and O–H groups in total. The summed E-state index contributed by atoms with van der Waals surface area (Å²) < 4.78 is 5.09. The van der Waals surface area contributed by atoms with Crippen molar-refractivity contribution in [1.29, 1.82) is 0 Å². The molecule has 0 aliphatic rings. The first-order valence-electron chi connectivity index (χ1n) is 7.12. The van der Waals surface area contributed by atoms with Gasteiger partial charge in [0.25, 0.3) is 0 Å². The second-order valence-electron chi connectivity index (χ2n) is 4.73. The summed E-state index contributed by atoms with van der Waals surface area (Å²) in [7, 11) is 0. The number of nitrogens with one attached hydrogen (secondary N) is 1. The Labute approximate surface area is 139 Å². The Balaban J connectivity index is 1.65. The molecular formula is C17H17ClN2O3. The SMILES string of the molecule is O=C(NCCC=Cc1ccc(O)c(Cl)n1)OCc1ccccc1. The molecule has 1 aromatic carbocycles. The van der Waals surface area contributed by atoms with E-state index in [4.69, 9.17) is 16.3 Å². The van der Waals surface area contributed by atoms with E-state index in [1.165, 1.54) is 6.07 Å². The molecule has 0 spiro atoms. The molecule has 0 bridgehead atoms. The fourth-order valence-corrected chi connectivity index (χ4v) is 1.93. The van der Waals surface area contributed by atoms with Gasteiger partial charge in [-0.05, 0) is 30.2 Å². The van der Waals surface area contributed by atoms with Crippen LogP contribution in [0.5, 0.6) is 5.75 Å². The summed E-state index contributed by atoms with van der Waals surface area (Å²) >= 11 is 5.71. The van der Waals surface area contributed by atoms with Crippen LogP contribution >= 0.6 is 11.6 Å². The van der Waals surface area contributed by atoms with Crippen LogP contribution in [-0.4, -0.2) is 22.7 Å². The van der Waals surface area contributed by atoms with Crippen molar-refractivity contribution in [3.8, 4) is 5.75 Å². The number of hydrogen-bond acceptors (Lipinski definition) is 4. The zero-order valence-corrected chi connectivity index (χ0v) is 13.2. The number of ether oxygens (including phenoxy) is 1. The van der Waals surface area contributed by atoms with E-state index in [2.05, 4.69) is 10.3 Å². The van der Waals surface area contributed by atoms with Crippen molar-refractivity contribution in [3.63, 3.8) is 0 Å². The predicted molar refractivity (Wildman–Crippen MR) is 89.2 cm³/mol. The molecule has 0 radical (unpaired) electrons. The molecule has 1 amide bonds. The highest BCUT2D eigenvalue weighted by atomic mass is 35.5. The highest BCUT2D eigenvalue weighted by Crippen LogP contribution is 2.20. The zero-order chi connectivity index (χ0) is 16.5. The molecule has 0 fully saturated rings. The second kappa shape index (κ2) is 8.80. The number of rotatable bonds is 6. The maximum absolute atomic E-state index is 11.5. The molecule has 1 aromatic heterocycles. The van der Waals surface area contributed by atoms with E-state index in [0.717, 1.165) is 5.56 Å². The van der Waals surface area contributed by atoms with Crippen LogP contribution in [0.2, 0.25) is 5.15 Å². The summed E-state index contributed by atoms with van der Waals surface area (Å²) in [5, 5.41) is 12.0. The van der Waals surface area contributed by atoms with E-state index in [9.17, 15) is 9.90 Å². The summed E-state index contributed by atoms with van der Waals surface area (Å²) in [6.07, 6.45) is 3.80. The average Bonchev–Trinajstić information content (AvgIpc) is 2.57. The molecule has 0 saturated heterocycles. The minimum Gasteiger partial charge on any atom is -0.505 e. The summed E-state index contributed by atoms with van der Waals surface area (Å²) in [6.45, 7) is 0.703. The maximum Gasteiger partial charge on any atom is 0.407 e. The van der Waals surface area contributed by atoms with Crippen molar-refractivity contribution < 1.29 is 14.6 Å². The van der Waals surface area contributed by atoms with Gasteiger partial charge >= 0.3 is 6.09 Å². The van der Waals surface area contributed by atoms with Crippen molar-refractivity contribution >= 4 is 23.8 Å². The maximum atomic E-state index is 11.5. The van der Waals surface area contributed by atoms with Gasteiger partial charge in [0.15, 0.2) is 10.9 Å². The van der Waals surface area contributed by atoms with Crippen LogP contribution in [0.1, 0.15) is 17.7 Å². The third-order valence-electron chi connectivity index (χ3n) is 2.93. The van der Waals surface area contributed by atoms with E-state index in [-0.39, 0.29) is 17.5 Å². The normalized spacial score (nSPS) is 10.7. The summed E-state index contributed by atoms with van der Waals surface area (Å²) in [6, 6.07) is 12.6. The van der Waals surface area contributed by atoms with Crippen molar-refractivity contribution in [2.24, 2.45) is 0 Å². The first-order chi connectivity index (χ1) is 11.1. The Morgan fingerprint density at radius 3 is 2.78 bits per heavy atom. The minimum atomic E-state index is -0.451. The summed E-state index contributed by atoms with van der Waals surface area (Å²) in [5.41, 5.74) is 1.58. The summed E-state index contributed by atoms with van der Waals surface area (Å²) in [4.78, 5) is 15.5. The van der Waals surface area contributed by atoms with Gasteiger partial charge in [-0.15, -0.1) is 0 Å². The van der Waals surface area contributed by atoms with Gasteiger partial charge in [0.1, 0.15) is 6.61 Å². The van der Waals surface area contributed by atoms with E-state index in [1.54, 1.807) is 12.1 Å². The van der Waals surface area contributed by atoms with Gasteiger partial charge in [-0.3, -0.25) is 0 Å². The van der Waals surface area contributed by atoms with E-state index < -0.39 is 6.09 Å². The van der Waals surface area contributed by atoms with Gasteiger partial charge in [0.05, 0.1) is 5.69 Å². The molecule has 23 heavy (non-hydrogen) atoms. The monoisotopic (exact) mass is 332 g/mol. The highest BCUT2D eigenvalue weighted by Gasteiger charge is 2.01. The van der Waals surface area contributed by atoms with Gasteiger partial charge in [-0.25, -0.2) is 9.78 Å². The molecule has 0 aliphatic carbocycles. The number of alkyl carbamates (subject to hydrolysis) is 1. The predicted octanol–water partition coefficient (Wildman–Crippen LogP) is 3.77. The van der Waals surface area contributed by atoms with Crippen LogP contribution in [0, 0.1) is 0 Å². The lowest BCUT2D eigenvalue weighted by molar-refractivity contribution is 0.140. The smallest absolute Gasteiger partial charge is 0.407 e. The lowest BCUT2D eigenvalue weighted by atomic mass is 10.2. The number of pyridine rings is 1. The van der Waals surface area contributed by atoms with Crippen LogP contribution < -0.4 is 5.32 Å². The van der Waals surface area contributed by atoms with Crippen LogP contribution in [0.4, 0.5) is 4.79 Å². The number of aromatic nitrogens is 1. The van der Waals surface area contributed by atoms with E-state index in [1.807, 2.05) is 36.4 Å². The number of carbonyl (C=O) groups is 1. The number of benzene rings is 1. The molecule has 120 valence electrons. The molecule has 0 unspecified atom stereocenters. The molecule has 5 nitrogen and oxygen atoms in total. The Hall–Kier alpha value is -2.53. The van der Waals surface area contributed by atoms with E-state index in [0.29, 0.717) is 18.7 Å². The number of carbonyl (C=O) groups excluding carboxylic acids is 1. The van der Waals surface area contributed by atoms with Gasteiger partial charge in [0, 0.05) is 6.54 Å². The number of hydrogen-bond donors (Lipinski definition) is 2. The molecule has 2 rings (SSSR count). The quantitative estimate of drug-likeness (QED) is 0.624. The minimum absolute atomic E-state index is 0.0494. The lowest BCUT2D eigenvalue weighted by Gasteiger charge is -2.05.